The summed E-state index contributed by atoms with van der Waals surface area (Å²) >= 11 is 0. The predicted octanol–water partition coefficient (Wildman–Crippen LogP) is 2.15. The van der Waals surface area contributed by atoms with E-state index in [1.54, 1.807) is 26.8 Å². The van der Waals surface area contributed by atoms with Gasteiger partial charge >= 0.3 is 5.97 Å². The molecule has 12 heteroatoms. The minimum absolute atomic E-state index is 0.0535. The number of allylic oxidation sites excluding steroid dienone is 2. The van der Waals surface area contributed by atoms with Crippen molar-refractivity contribution in [3.05, 3.63) is 80.8 Å². The number of epoxide rings is 1. The summed E-state index contributed by atoms with van der Waals surface area (Å²) in [6, 6.07) is 2.78. The molecule has 0 aliphatic carbocycles. The third kappa shape index (κ3) is 5.87. The van der Waals surface area contributed by atoms with E-state index in [2.05, 4.69) is 16.7 Å². The molecular weight excluding hydrogens is 580 g/mol. The maximum atomic E-state index is 13.8. The number of carbonyl (C=O) groups is 1. The van der Waals surface area contributed by atoms with Crippen LogP contribution in [0.15, 0.2) is 68.4 Å². The normalized spacial score (nSPS) is 26.6. The highest BCUT2D eigenvalue weighted by atomic mass is 16.7. The van der Waals surface area contributed by atoms with Crippen molar-refractivity contribution in [3.8, 4) is 11.5 Å². The van der Waals surface area contributed by atoms with Gasteiger partial charge in [0, 0.05) is 37.3 Å². The van der Waals surface area contributed by atoms with Gasteiger partial charge in [-0.1, -0.05) is 12.2 Å². The topological polar surface area (TPSA) is 195 Å². The van der Waals surface area contributed by atoms with Crippen molar-refractivity contribution in [1.29, 1.82) is 0 Å². The first-order chi connectivity index (χ1) is 21.4. The van der Waals surface area contributed by atoms with Gasteiger partial charge in [-0.3, -0.25) is 4.79 Å². The molecule has 1 aromatic heterocycles. The smallest absolute Gasteiger partial charge is 0.341 e. The van der Waals surface area contributed by atoms with Gasteiger partial charge in [-0.2, -0.15) is 0 Å². The van der Waals surface area contributed by atoms with E-state index < -0.39 is 29.4 Å². The van der Waals surface area contributed by atoms with Crippen molar-refractivity contribution in [2.75, 3.05) is 13.2 Å². The van der Waals surface area contributed by atoms with Crippen molar-refractivity contribution in [1.82, 2.24) is 10.6 Å². The fourth-order valence-corrected chi connectivity index (χ4v) is 6.43. The van der Waals surface area contributed by atoms with Gasteiger partial charge in [0.1, 0.15) is 39.9 Å². The Bertz CT molecular complexity index is 1720. The SMILES string of the molecule is Cc1cc(=O)c2c(O)c3c(cc2o1)OC(C)(C)[C@H](OC(=O)[C@@]1(CCCO)O[C@@H]1CCC1=CC(C2=CCNC(N)=C2)NC(N)=C1)C3. The molecule has 5 heterocycles. The molecule has 1 unspecified atom stereocenters. The molecule has 1 aromatic carbocycles. The molecule has 4 aliphatic heterocycles. The second kappa shape index (κ2) is 11.5. The molecule has 4 atom stereocenters. The molecule has 4 aliphatic rings. The van der Waals surface area contributed by atoms with Crippen LogP contribution < -0.4 is 32.3 Å². The number of dihydropyridines is 2. The number of rotatable bonds is 9. The van der Waals surface area contributed by atoms with Gasteiger partial charge in [0.05, 0.1) is 23.8 Å². The van der Waals surface area contributed by atoms with E-state index in [1.807, 2.05) is 18.2 Å². The summed E-state index contributed by atoms with van der Waals surface area (Å²) in [6.45, 7) is 5.78. The first-order valence-corrected chi connectivity index (χ1v) is 15.2. The van der Waals surface area contributed by atoms with Gasteiger partial charge in [-0.05, 0) is 69.8 Å². The van der Waals surface area contributed by atoms with E-state index in [-0.39, 0.29) is 41.2 Å². The van der Waals surface area contributed by atoms with Crippen LogP contribution >= 0.6 is 0 Å². The number of carbonyl (C=O) groups excluding carboxylic acids is 1. The number of aliphatic hydroxyl groups is 1. The molecule has 0 bridgehead atoms. The number of phenolic OH excluding ortho intramolecular Hbond substituents is 1. The van der Waals surface area contributed by atoms with Gasteiger partial charge < -0.3 is 50.9 Å². The summed E-state index contributed by atoms with van der Waals surface area (Å²) in [5.74, 6) is 1.11. The van der Waals surface area contributed by atoms with Crippen LogP contribution in [0.5, 0.6) is 11.5 Å². The molecule has 0 spiro atoms. The Hall–Kier alpha value is -4.42. The van der Waals surface area contributed by atoms with E-state index in [0.717, 1.165) is 11.1 Å². The van der Waals surface area contributed by atoms with Crippen molar-refractivity contribution >= 4 is 16.9 Å². The molecule has 1 fully saturated rings. The number of aliphatic hydroxyl groups excluding tert-OH is 1. The van der Waals surface area contributed by atoms with Crippen LogP contribution in [-0.2, 0) is 20.7 Å². The third-order valence-electron chi connectivity index (χ3n) is 8.90. The lowest BCUT2D eigenvalue weighted by Gasteiger charge is -2.39. The van der Waals surface area contributed by atoms with E-state index in [0.29, 0.717) is 60.9 Å². The van der Waals surface area contributed by atoms with E-state index in [1.165, 1.54) is 6.07 Å². The largest absolute Gasteiger partial charge is 0.507 e. The summed E-state index contributed by atoms with van der Waals surface area (Å²) in [5.41, 5.74) is 12.2. The molecule has 0 saturated carbocycles. The van der Waals surface area contributed by atoms with Crippen LogP contribution in [0.25, 0.3) is 11.0 Å². The minimum atomic E-state index is -1.21. The lowest BCUT2D eigenvalue weighted by atomic mass is 9.89. The number of aryl methyl sites for hydroxylation is 1. The number of benzene rings is 1. The summed E-state index contributed by atoms with van der Waals surface area (Å²) in [5, 5.41) is 27.0. The van der Waals surface area contributed by atoms with Gasteiger partial charge in [0.15, 0.2) is 11.0 Å². The highest BCUT2D eigenvalue weighted by Gasteiger charge is 2.63. The van der Waals surface area contributed by atoms with E-state index in [9.17, 15) is 19.8 Å². The predicted molar refractivity (Wildman–Crippen MR) is 166 cm³/mol. The van der Waals surface area contributed by atoms with Crippen LogP contribution in [0, 0.1) is 6.92 Å². The highest BCUT2D eigenvalue weighted by molar-refractivity contribution is 5.87. The van der Waals surface area contributed by atoms with E-state index in [4.69, 9.17) is 30.1 Å². The fourth-order valence-electron chi connectivity index (χ4n) is 6.43. The van der Waals surface area contributed by atoms with Crippen LogP contribution in [0.3, 0.4) is 0 Å². The molecule has 8 N–H and O–H groups in total. The highest BCUT2D eigenvalue weighted by Crippen LogP contribution is 2.48. The molecule has 45 heavy (non-hydrogen) atoms. The number of esters is 1. The number of hydrogen-bond donors (Lipinski definition) is 6. The van der Waals surface area contributed by atoms with Crippen molar-refractivity contribution in [3.63, 3.8) is 0 Å². The number of nitrogens with one attached hydrogen (secondary N) is 2. The van der Waals surface area contributed by atoms with Crippen LogP contribution in [0.2, 0.25) is 0 Å². The Morgan fingerprint density at radius 2 is 2.00 bits per heavy atom. The lowest BCUT2D eigenvalue weighted by Crippen LogP contribution is -2.50. The Labute approximate surface area is 260 Å². The molecule has 0 amide bonds. The third-order valence-corrected chi connectivity index (χ3v) is 8.90. The fraction of sp³-hybridized carbons (Fsp3) is 0.455. The van der Waals surface area contributed by atoms with Crippen molar-refractivity contribution in [2.45, 2.75) is 82.3 Å². The Morgan fingerprint density at radius 1 is 1.20 bits per heavy atom. The maximum Gasteiger partial charge on any atom is 0.341 e. The number of phenols is 1. The quantitative estimate of drug-likeness (QED) is 0.177. The molecule has 12 nitrogen and oxygen atoms in total. The summed E-state index contributed by atoms with van der Waals surface area (Å²) in [4.78, 5) is 26.5. The summed E-state index contributed by atoms with van der Waals surface area (Å²) < 4.78 is 24.0. The second-order valence-electron chi connectivity index (χ2n) is 12.6. The molecule has 2 aromatic rings. The number of ether oxygens (including phenoxy) is 3. The molecule has 6 rings (SSSR count). The average molecular weight is 621 g/mol. The molecule has 1 saturated heterocycles. The van der Waals surface area contributed by atoms with Crippen molar-refractivity contribution < 1.29 is 33.6 Å². The van der Waals surface area contributed by atoms with Crippen molar-refractivity contribution in [2.24, 2.45) is 11.5 Å². The molecular formula is C33H40N4O8. The number of nitrogens with two attached hydrogens (primary N) is 2. The zero-order valence-corrected chi connectivity index (χ0v) is 25.6. The zero-order chi connectivity index (χ0) is 32.1. The second-order valence-corrected chi connectivity index (χ2v) is 12.6. The molecule has 240 valence electrons. The first kappa shape index (κ1) is 30.6. The minimum Gasteiger partial charge on any atom is -0.507 e. The Kier molecular flexibility index (Phi) is 7.82. The van der Waals surface area contributed by atoms with Crippen LogP contribution in [0.1, 0.15) is 50.9 Å². The van der Waals surface area contributed by atoms with Crippen LogP contribution in [-0.4, -0.2) is 58.8 Å². The number of aromatic hydroxyl groups is 1. The average Bonchev–Trinajstić information content (AvgIpc) is 3.69. The lowest BCUT2D eigenvalue weighted by molar-refractivity contribution is -0.168. The Balaban J connectivity index is 1.18. The molecule has 0 radical (unpaired) electrons. The number of fused-ring (bicyclic) bond motifs is 2. The Morgan fingerprint density at radius 3 is 2.76 bits per heavy atom. The standard InChI is InChI=1S/C33H40N4O8/c1-17-11-22(39)29-24(42-17)16-23-20(30(29)40)15-26(32(2,3)44-23)43-31(41)33(8-4-10-38)25(45-33)6-5-18-12-21(37-28(35)13-18)19-7-9-36-27(34)14-19/h7,11-14,16,21,25-26,36-38,40H,4-6,8-10,15,34-35H2,1-3H3/t21?,25-,26-,33+/m1/s1. The van der Waals surface area contributed by atoms with Gasteiger partial charge in [-0.25, -0.2) is 4.79 Å². The monoisotopic (exact) mass is 620 g/mol. The van der Waals surface area contributed by atoms with Crippen LogP contribution in [0.4, 0.5) is 0 Å². The number of hydrogen-bond acceptors (Lipinski definition) is 12. The van der Waals surface area contributed by atoms with Gasteiger partial charge in [0.2, 0.25) is 0 Å². The zero-order valence-electron chi connectivity index (χ0n) is 25.6. The summed E-state index contributed by atoms with van der Waals surface area (Å²) in [7, 11) is 0. The first-order valence-electron chi connectivity index (χ1n) is 15.2. The van der Waals surface area contributed by atoms with Gasteiger partial charge in [-0.15, -0.1) is 0 Å². The van der Waals surface area contributed by atoms with E-state index >= 15 is 0 Å². The summed E-state index contributed by atoms with van der Waals surface area (Å²) in [6.07, 6.45) is 8.60. The van der Waals surface area contributed by atoms with Gasteiger partial charge in [0.25, 0.3) is 0 Å². The maximum absolute atomic E-state index is 13.8.